The Morgan fingerprint density at radius 3 is 2.31 bits per heavy atom. The van der Waals surface area contributed by atoms with Gasteiger partial charge in [0.05, 0.1) is 4.92 Å². The van der Waals surface area contributed by atoms with Crippen LogP contribution in [0.4, 0.5) is 5.69 Å². The zero-order valence-electron chi connectivity index (χ0n) is 10.6. The van der Waals surface area contributed by atoms with Gasteiger partial charge >= 0.3 is 0 Å². The lowest BCUT2D eigenvalue weighted by Crippen LogP contribution is -2.05. The van der Waals surface area contributed by atoms with E-state index in [1.807, 2.05) is 27.7 Å². The molecule has 0 aromatic heterocycles. The Balaban J connectivity index is 3.54. The van der Waals surface area contributed by atoms with Crippen molar-refractivity contribution in [2.24, 2.45) is 0 Å². The number of benzene rings is 1. The number of nitrogens with zero attached hydrogens (tertiary/aromatic N) is 1. The van der Waals surface area contributed by atoms with Crippen LogP contribution in [0, 0.1) is 30.9 Å². The van der Waals surface area contributed by atoms with Gasteiger partial charge in [0.25, 0.3) is 5.69 Å². The van der Waals surface area contributed by atoms with Crippen molar-refractivity contribution < 1.29 is 4.92 Å². The summed E-state index contributed by atoms with van der Waals surface area (Å²) in [6.45, 7) is 10.0. The van der Waals surface area contributed by atoms with Gasteiger partial charge in [-0.05, 0) is 49.8 Å². The molecule has 3 heteroatoms. The Morgan fingerprint density at radius 1 is 1.31 bits per heavy atom. The van der Waals surface area contributed by atoms with E-state index in [1.165, 1.54) is 5.56 Å². The molecular formula is C13H19NO2. The highest BCUT2D eigenvalue weighted by molar-refractivity contribution is 5.53. The van der Waals surface area contributed by atoms with Crippen molar-refractivity contribution in [3.05, 3.63) is 38.4 Å². The molecule has 0 aliphatic rings. The van der Waals surface area contributed by atoms with Crippen molar-refractivity contribution in [2.45, 2.75) is 47.0 Å². The van der Waals surface area contributed by atoms with Gasteiger partial charge < -0.3 is 0 Å². The van der Waals surface area contributed by atoms with Gasteiger partial charge in [-0.3, -0.25) is 10.1 Å². The van der Waals surface area contributed by atoms with Gasteiger partial charge in [0.15, 0.2) is 0 Å². The molecule has 0 heterocycles. The van der Waals surface area contributed by atoms with Crippen LogP contribution >= 0.6 is 0 Å². The van der Waals surface area contributed by atoms with Gasteiger partial charge in [0.2, 0.25) is 0 Å². The van der Waals surface area contributed by atoms with Crippen LogP contribution in [-0.4, -0.2) is 4.92 Å². The summed E-state index contributed by atoms with van der Waals surface area (Å²) in [6.07, 6.45) is 0.921. The van der Waals surface area contributed by atoms with E-state index in [0.29, 0.717) is 0 Å². The van der Waals surface area contributed by atoms with Gasteiger partial charge in [-0.2, -0.15) is 0 Å². The SMILES string of the molecule is CCC(C)c1c([N+](=O)[O-])cc(C)c(C)c1C. The Hall–Kier alpha value is -1.38. The van der Waals surface area contributed by atoms with Gasteiger partial charge in [-0.15, -0.1) is 0 Å². The fourth-order valence-corrected chi connectivity index (χ4v) is 2.06. The number of nitro benzene ring substituents is 1. The molecule has 0 saturated carbocycles. The maximum atomic E-state index is 11.1. The van der Waals surface area contributed by atoms with Crippen LogP contribution in [0.25, 0.3) is 0 Å². The first-order chi connectivity index (χ1) is 7.40. The van der Waals surface area contributed by atoms with E-state index in [9.17, 15) is 10.1 Å². The first-order valence-corrected chi connectivity index (χ1v) is 5.65. The Bertz CT molecular complexity index is 424. The normalized spacial score (nSPS) is 12.6. The minimum atomic E-state index is -0.263. The monoisotopic (exact) mass is 221 g/mol. The Morgan fingerprint density at radius 2 is 1.88 bits per heavy atom. The summed E-state index contributed by atoms with van der Waals surface area (Å²) in [5.41, 5.74) is 4.41. The zero-order chi connectivity index (χ0) is 12.5. The van der Waals surface area contributed by atoms with Crippen LogP contribution < -0.4 is 0 Å². The lowest BCUT2D eigenvalue weighted by Gasteiger charge is -2.16. The summed E-state index contributed by atoms with van der Waals surface area (Å²) in [6, 6.07) is 1.70. The fraction of sp³-hybridized carbons (Fsp3) is 0.538. The van der Waals surface area contributed by atoms with E-state index in [2.05, 4.69) is 6.92 Å². The van der Waals surface area contributed by atoms with E-state index in [0.717, 1.165) is 23.1 Å². The topological polar surface area (TPSA) is 43.1 Å². The fourth-order valence-electron chi connectivity index (χ4n) is 2.06. The molecule has 1 atom stereocenters. The number of rotatable bonds is 3. The molecule has 0 N–H and O–H groups in total. The second-order valence-corrected chi connectivity index (χ2v) is 4.44. The molecule has 0 radical (unpaired) electrons. The average Bonchev–Trinajstić information content (AvgIpc) is 2.24. The third-order valence-electron chi connectivity index (χ3n) is 3.49. The lowest BCUT2D eigenvalue weighted by molar-refractivity contribution is -0.385. The summed E-state index contributed by atoms with van der Waals surface area (Å²) < 4.78 is 0. The average molecular weight is 221 g/mol. The summed E-state index contributed by atoms with van der Waals surface area (Å²) in [7, 11) is 0. The summed E-state index contributed by atoms with van der Waals surface area (Å²) in [5, 5.41) is 11.1. The van der Waals surface area contributed by atoms with Crippen LogP contribution in [0.1, 0.15) is 48.4 Å². The van der Waals surface area contributed by atoms with E-state index >= 15 is 0 Å². The molecule has 16 heavy (non-hydrogen) atoms. The molecule has 0 aliphatic carbocycles. The second kappa shape index (κ2) is 4.64. The third kappa shape index (κ3) is 2.08. The van der Waals surface area contributed by atoms with E-state index in [4.69, 9.17) is 0 Å². The Labute approximate surface area is 96.6 Å². The van der Waals surface area contributed by atoms with Gasteiger partial charge in [-0.1, -0.05) is 13.8 Å². The van der Waals surface area contributed by atoms with Crippen LogP contribution in [-0.2, 0) is 0 Å². The minimum absolute atomic E-state index is 0.236. The number of hydrogen-bond donors (Lipinski definition) is 0. The van der Waals surface area contributed by atoms with Crippen LogP contribution in [0.15, 0.2) is 6.07 Å². The highest BCUT2D eigenvalue weighted by Gasteiger charge is 2.22. The van der Waals surface area contributed by atoms with Gasteiger partial charge in [0, 0.05) is 11.6 Å². The predicted molar refractivity (Wildman–Crippen MR) is 66.0 cm³/mol. The maximum Gasteiger partial charge on any atom is 0.273 e. The molecule has 0 amide bonds. The van der Waals surface area contributed by atoms with Crippen molar-refractivity contribution in [3.63, 3.8) is 0 Å². The van der Waals surface area contributed by atoms with Crippen molar-refractivity contribution in [1.82, 2.24) is 0 Å². The third-order valence-corrected chi connectivity index (χ3v) is 3.49. The zero-order valence-corrected chi connectivity index (χ0v) is 10.6. The number of nitro groups is 1. The highest BCUT2D eigenvalue weighted by Crippen LogP contribution is 2.34. The molecule has 1 aromatic carbocycles. The molecular weight excluding hydrogens is 202 g/mol. The first kappa shape index (κ1) is 12.7. The standard InChI is InChI=1S/C13H19NO2/c1-6-8(2)13-11(5)10(4)9(3)7-12(13)14(15)16/h7-8H,6H2,1-5H3. The van der Waals surface area contributed by atoms with Gasteiger partial charge in [-0.25, -0.2) is 0 Å². The number of hydrogen-bond acceptors (Lipinski definition) is 2. The molecule has 0 aliphatic heterocycles. The van der Waals surface area contributed by atoms with Crippen LogP contribution in [0.5, 0.6) is 0 Å². The lowest BCUT2D eigenvalue weighted by atomic mass is 9.88. The number of aryl methyl sites for hydroxylation is 1. The van der Waals surface area contributed by atoms with E-state index < -0.39 is 0 Å². The quantitative estimate of drug-likeness (QED) is 0.571. The van der Waals surface area contributed by atoms with Gasteiger partial charge in [0.1, 0.15) is 0 Å². The van der Waals surface area contributed by atoms with Crippen LogP contribution in [0.2, 0.25) is 0 Å². The molecule has 0 saturated heterocycles. The van der Waals surface area contributed by atoms with Crippen LogP contribution in [0.3, 0.4) is 0 Å². The smallest absolute Gasteiger partial charge is 0.258 e. The van der Waals surface area contributed by atoms with Crippen molar-refractivity contribution >= 4 is 5.69 Å². The molecule has 0 spiro atoms. The molecule has 0 fully saturated rings. The van der Waals surface area contributed by atoms with Crippen molar-refractivity contribution in [2.75, 3.05) is 0 Å². The molecule has 3 nitrogen and oxygen atoms in total. The molecule has 0 bridgehead atoms. The summed E-state index contributed by atoms with van der Waals surface area (Å²) >= 11 is 0. The maximum absolute atomic E-state index is 11.1. The van der Waals surface area contributed by atoms with Crippen molar-refractivity contribution in [3.8, 4) is 0 Å². The molecule has 1 rings (SSSR count). The molecule has 1 unspecified atom stereocenters. The molecule has 88 valence electrons. The molecule has 1 aromatic rings. The second-order valence-electron chi connectivity index (χ2n) is 4.44. The summed E-state index contributed by atoms with van der Waals surface area (Å²) in [5.74, 6) is 0.236. The Kier molecular flexibility index (Phi) is 3.68. The predicted octanol–water partition coefficient (Wildman–Crippen LogP) is 4.03. The summed E-state index contributed by atoms with van der Waals surface area (Å²) in [4.78, 5) is 10.8. The largest absolute Gasteiger partial charge is 0.273 e. The minimum Gasteiger partial charge on any atom is -0.258 e. The van der Waals surface area contributed by atoms with Crippen molar-refractivity contribution in [1.29, 1.82) is 0 Å². The van der Waals surface area contributed by atoms with E-state index in [-0.39, 0.29) is 16.5 Å². The first-order valence-electron chi connectivity index (χ1n) is 5.65. The highest BCUT2D eigenvalue weighted by atomic mass is 16.6. The van der Waals surface area contributed by atoms with E-state index in [1.54, 1.807) is 6.07 Å².